The van der Waals surface area contributed by atoms with Gasteiger partial charge < -0.3 is 14.3 Å². The SMILES string of the molecule is Cc1c(C)c2c(c(C)c1NC(=O)OC(C)(C)C)CC(C)(CN1CCC(CC=O)CC1)O2. The molecule has 0 bridgehead atoms. The fraction of sp³-hybridized carbons (Fsp3) is 0.680. The summed E-state index contributed by atoms with van der Waals surface area (Å²) < 4.78 is 12.0. The predicted molar refractivity (Wildman–Crippen MR) is 123 cm³/mol. The second-order valence-corrected chi connectivity index (χ2v) is 10.5. The number of nitrogens with one attached hydrogen (secondary N) is 1. The molecule has 6 heteroatoms. The lowest BCUT2D eigenvalue weighted by molar-refractivity contribution is -0.109. The highest BCUT2D eigenvalue weighted by Gasteiger charge is 2.40. The fourth-order valence-corrected chi connectivity index (χ4v) is 4.86. The van der Waals surface area contributed by atoms with E-state index in [9.17, 15) is 9.59 Å². The zero-order chi connectivity index (χ0) is 23.0. The summed E-state index contributed by atoms with van der Waals surface area (Å²) in [5, 5.41) is 2.98. The predicted octanol–water partition coefficient (Wildman–Crippen LogP) is 4.95. The van der Waals surface area contributed by atoms with E-state index in [0.717, 1.165) is 73.3 Å². The van der Waals surface area contributed by atoms with Gasteiger partial charge in [-0.25, -0.2) is 4.79 Å². The number of benzene rings is 1. The molecule has 2 aliphatic rings. The smallest absolute Gasteiger partial charge is 0.412 e. The number of fused-ring (bicyclic) bond motifs is 1. The lowest BCUT2D eigenvalue weighted by atomic mass is 9.90. The molecule has 1 N–H and O–H groups in total. The normalized spacial score (nSPS) is 22.0. The van der Waals surface area contributed by atoms with Gasteiger partial charge in [0.25, 0.3) is 0 Å². The van der Waals surface area contributed by atoms with Gasteiger partial charge in [0.1, 0.15) is 23.2 Å². The molecule has 2 aliphatic heterocycles. The highest BCUT2D eigenvalue weighted by atomic mass is 16.6. The number of hydrogen-bond donors (Lipinski definition) is 1. The first kappa shape index (κ1) is 23.6. The van der Waals surface area contributed by atoms with Crippen molar-refractivity contribution in [1.82, 2.24) is 4.90 Å². The van der Waals surface area contributed by atoms with Gasteiger partial charge in [-0.2, -0.15) is 0 Å². The van der Waals surface area contributed by atoms with Crippen LogP contribution in [0.25, 0.3) is 0 Å². The van der Waals surface area contributed by atoms with E-state index in [0.29, 0.717) is 12.3 Å². The molecule has 3 rings (SSSR count). The molecule has 0 aliphatic carbocycles. The van der Waals surface area contributed by atoms with E-state index in [1.165, 1.54) is 5.56 Å². The van der Waals surface area contributed by atoms with E-state index in [2.05, 4.69) is 31.0 Å². The monoisotopic (exact) mass is 430 g/mol. The molecular weight excluding hydrogens is 392 g/mol. The average molecular weight is 431 g/mol. The maximum atomic E-state index is 12.4. The van der Waals surface area contributed by atoms with Crippen LogP contribution in [0.1, 0.15) is 69.2 Å². The number of aldehydes is 1. The first-order valence-electron chi connectivity index (χ1n) is 11.4. The molecule has 1 atom stereocenters. The van der Waals surface area contributed by atoms with Crippen LogP contribution in [0.2, 0.25) is 0 Å². The molecule has 1 amide bonds. The van der Waals surface area contributed by atoms with Crippen molar-refractivity contribution in [3.63, 3.8) is 0 Å². The largest absolute Gasteiger partial charge is 0.485 e. The third-order valence-corrected chi connectivity index (χ3v) is 6.60. The number of carbonyl (C=O) groups excluding carboxylic acids is 2. The molecule has 1 fully saturated rings. The molecule has 1 aromatic rings. The van der Waals surface area contributed by atoms with E-state index in [4.69, 9.17) is 9.47 Å². The topological polar surface area (TPSA) is 67.9 Å². The fourth-order valence-electron chi connectivity index (χ4n) is 4.86. The van der Waals surface area contributed by atoms with Crippen LogP contribution < -0.4 is 10.1 Å². The Balaban J connectivity index is 1.75. The molecule has 1 aromatic carbocycles. The van der Waals surface area contributed by atoms with Gasteiger partial charge in [-0.3, -0.25) is 10.2 Å². The Labute approximate surface area is 186 Å². The van der Waals surface area contributed by atoms with Crippen molar-refractivity contribution < 1.29 is 19.1 Å². The Bertz CT molecular complexity index is 850. The number of piperidine rings is 1. The van der Waals surface area contributed by atoms with Crippen LogP contribution in [0.3, 0.4) is 0 Å². The van der Waals surface area contributed by atoms with E-state index in [1.54, 1.807) is 0 Å². The molecule has 0 spiro atoms. The van der Waals surface area contributed by atoms with Crippen molar-refractivity contribution >= 4 is 18.1 Å². The minimum absolute atomic E-state index is 0.299. The molecule has 2 heterocycles. The van der Waals surface area contributed by atoms with Crippen molar-refractivity contribution in [1.29, 1.82) is 0 Å². The maximum absolute atomic E-state index is 12.4. The molecular formula is C25H38N2O4. The van der Waals surface area contributed by atoms with Crippen LogP contribution in [0.15, 0.2) is 0 Å². The Morgan fingerprint density at radius 1 is 1.19 bits per heavy atom. The summed E-state index contributed by atoms with van der Waals surface area (Å²) in [5.74, 6) is 1.49. The summed E-state index contributed by atoms with van der Waals surface area (Å²) in [4.78, 5) is 25.7. The van der Waals surface area contributed by atoms with E-state index in [1.807, 2.05) is 27.7 Å². The summed E-state index contributed by atoms with van der Waals surface area (Å²) in [6, 6.07) is 0. The number of hydrogen-bond acceptors (Lipinski definition) is 5. The molecule has 0 radical (unpaired) electrons. The zero-order valence-electron chi connectivity index (χ0n) is 20.2. The van der Waals surface area contributed by atoms with Gasteiger partial charge in [-0.15, -0.1) is 0 Å². The summed E-state index contributed by atoms with van der Waals surface area (Å²) in [6.07, 6.45) is 4.25. The van der Waals surface area contributed by atoms with E-state index >= 15 is 0 Å². The molecule has 0 aromatic heterocycles. The third kappa shape index (κ3) is 5.40. The Morgan fingerprint density at radius 3 is 2.42 bits per heavy atom. The van der Waals surface area contributed by atoms with Crippen LogP contribution in [0.5, 0.6) is 5.75 Å². The quantitative estimate of drug-likeness (QED) is 0.669. The van der Waals surface area contributed by atoms with Gasteiger partial charge in [0.15, 0.2) is 0 Å². The van der Waals surface area contributed by atoms with Crippen LogP contribution in [-0.4, -0.2) is 48.1 Å². The van der Waals surface area contributed by atoms with Crippen molar-refractivity contribution in [2.45, 2.75) is 85.4 Å². The number of carbonyl (C=O) groups is 2. The Kier molecular flexibility index (Phi) is 6.70. The molecule has 1 saturated heterocycles. The van der Waals surface area contributed by atoms with Crippen molar-refractivity contribution in [3.8, 4) is 5.75 Å². The first-order valence-corrected chi connectivity index (χ1v) is 11.4. The number of amides is 1. The minimum Gasteiger partial charge on any atom is -0.485 e. The lowest BCUT2D eigenvalue weighted by Gasteiger charge is -2.36. The molecule has 0 saturated carbocycles. The number of rotatable bonds is 5. The molecule has 1 unspecified atom stereocenters. The molecule has 172 valence electrons. The third-order valence-electron chi connectivity index (χ3n) is 6.60. The summed E-state index contributed by atoms with van der Waals surface area (Å²) >= 11 is 0. The van der Waals surface area contributed by atoms with Gasteiger partial charge in [-0.1, -0.05) is 0 Å². The highest BCUT2D eigenvalue weighted by molar-refractivity contribution is 5.88. The minimum atomic E-state index is -0.543. The Morgan fingerprint density at radius 2 is 1.84 bits per heavy atom. The van der Waals surface area contributed by atoms with Crippen molar-refractivity contribution in [2.24, 2.45) is 5.92 Å². The van der Waals surface area contributed by atoms with Crippen LogP contribution in [-0.2, 0) is 16.0 Å². The van der Waals surface area contributed by atoms with Crippen molar-refractivity contribution in [2.75, 3.05) is 25.0 Å². The number of ether oxygens (including phenoxy) is 2. The van der Waals surface area contributed by atoms with Gasteiger partial charge >= 0.3 is 6.09 Å². The molecule has 31 heavy (non-hydrogen) atoms. The van der Waals surface area contributed by atoms with Gasteiger partial charge in [0.2, 0.25) is 0 Å². The maximum Gasteiger partial charge on any atom is 0.412 e. The van der Waals surface area contributed by atoms with Crippen molar-refractivity contribution in [3.05, 3.63) is 22.3 Å². The number of nitrogens with zero attached hydrogens (tertiary/aromatic N) is 1. The van der Waals surface area contributed by atoms with E-state index < -0.39 is 11.7 Å². The van der Waals surface area contributed by atoms with E-state index in [-0.39, 0.29) is 5.60 Å². The van der Waals surface area contributed by atoms with Crippen LogP contribution in [0, 0.1) is 26.7 Å². The number of anilines is 1. The van der Waals surface area contributed by atoms with Gasteiger partial charge in [0, 0.05) is 24.9 Å². The Hall–Kier alpha value is -2.08. The summed E-state index contributed by atoms with van der Waals surface area (Å²) in [5.41, 5.74) is 4.30. The second-order valence-electron chi connectivity index (χ2n) is 10.5. The van der Waals surface area contributed by atoms with Crippen LogP contribution in [0.4, 0.5) is 10.5 Å². The highest BCUT2D eigenvalue weighted by Crippen LogP contribution is 2.45. The van der Waals surface area contributed by atoms with Gasteiger partial charge in [-0.05, 0) is 97.0 Å². The summed E-state index contributed by atoms with van der Waals surface area (Å²) in [7, 11) is 0. The standard InChI is InChI=1S/C25H38N2O4/c1-16-17(2)22-20(18(3)21(16)26-23(29)31-24(4,5)6)14-25(7,30-22)15-27-11-8-19(9-12-27)10-13-28/h13,19H,8-12,14-15H2,1-7H3,(H,26,29). The number of likely N-dealkylation sites (tertiary alicyclic amines) is 1. The second kappa shape index (κ2) is 8.81. The molecule has 6 nitrogen and oxygen atoms in total. The van der Waals surface area contributed by atoms with Gasteiger partial charge in [0.05, 0.1) is 5.69 Å². The first-order chi connectivity index (χ1) is 14.4. The lowest BCUT2D eigenvalue weighted by Crippen LogP contribution is -2.47. The average Bonchev–Trinajstić information content (AvgIpc) is 3.02. The zero-order valence-corrected chi connectivity index (χ0v) is 20.2. The van der Waals surface area contributed by atoms with Crippen LogP contribution >= 0.6 is 0 Å². The summed E-state index contributed by atoms with van der Waals surface area (Å²) in [6.45, 7) is 16.8.